The summed E-state index contributed by atoms with van der Waals surface area (Å²) >= 11 is 5.96. The van der Waals surface area contributed by atoms with E-state index in [1.165, 1.54) is 0 Å². The number of hydrogen-bond donors (Lipinski definition) is 1. The van der Waals surface area contributed by atoms with Crippen molar-refractivity contribution >= 4 is 28.4 Å². The highest BCUT2D eigenvalue weighted by atomic mass is 35.5. The first-order chi connectivity index (χ1) is 9.79. The second-order valence-electron chi connectivity index (χ2n) is 5.31. The molecule has 2 unspecified atom stereocenters. The Balaban J connectivity index is 1.86. The van der Waals surface area contributed by atoms with Crippen molar-refractivity contribution in [3.63, 3.8) is 0 Å². The fraction of sp³-hybridized carbons (Fsp3) is 0.375. The molecule has 1 aliphatic carbocycles. The number of fused-ring (bicyclic) bond motifs is 1. The smallest absolute Gasteiger partial charge is 0.253 e. The molecule has 1 fully saturated rings. The zero-order valence-electron chi connectivity index (χ0n) is 11.2. The average molecular weight is 289 g/mol. The number of rotatable bonds is 3. The monoisotopic (exact) mass is 288 g/mol. The molecule has 0 saturated heterocycles. The Bertz CT molecular complexity index is 623. The van der Waals surface area contributed by atoms with Gasteiger partial charge in [-0.05, 0) is 30.9 Å². The summed E-state index contributed by atoms with van der Waals surface area (Å²) in [5.41, 5.74) is 1.40. The summed E-state index contributed by atoms with van der Waals surface area (Å²) in [5, 5.41) is 4.11. The van der Waals surface area contributed by atoms with Crippen LogP contribution in [0.5, 0.6) is 0 Å². The Morgan fingerprint density at radius 2 is 2.15 bits per heavy atom. The van der Waals surface area contributed by atoms with Gasteiger partial charge in [-0.25, -0.2) is 0 Å². The Hall–Kier alpha value is -1.61. The topological polar surface area (TPSA) is 42.0 Å². The van der Waals surface area contributed by atoms with Gasteiger partial charge >= 0.3 is 0 Å². The van der Waals surface area contributed by atoms with Gasteiger partial charge in [0.1, 0.15) is 0 Å². The molecule has 104 valence electrons. The average Bonchev–Trinajstić information content (AvgIpc) is 2.93. The predicted molar refractivity (Wildman–Crippen MR) is 81.1 cm³/mol. The third-order valence-corrected chi connectivity index (χ3v) is 4.45. The van der Waals surface area contributed by atoms with Gasteiger partial charge in [0.25, 0.3) is 5.91 Å². The van der Waals surface area contributed by atoms with Crippen LogP contribution < -0.4 is 5.32 Å². The molecular weight excluding hydrogens is 272 g/mol. The second kappa shape index (κ2) is 5.80. The van der Waals surface area contributed by atoms with Gasteiger partial charge in [0.05, 0.1) is 11.1 Å². The van der Waals surface area contributed by atoms with E-state index in [0.717, 1.165) is 30.2 Å². The van der Waals surface area contributed by atoms with Gasteiger partial charge in [0, 0.05) is 23.5 Å². The SMILES string of the molecule is O=C(NC1CCCC1CCl)c1cccc2cccnc12. The van der Waals surface area contributed by atoms with Gasteiger partial charge < -0.3 is 5.32 Å². The van der Waals surface area contributed by atoms with E-state index in [1.807, 2.05) is 30.3 Å². The van der Waals surface area contributed by atoms with Crippen molar-refractivity contribution in [1.82, 2.24) is 10.3 Å². The molecule has 0 spiro atoms. The molecule has 3 rings (SSSR count). The highest BCUT2D eigenvalue weighted by Gasteiger charge is 2.28. The van der Waals surface area contributed by atoms with Crippen LogP contribution in [0.3, 0.4) is 0 Å². The molecule has 1 saturated carbocycles. The van der Waals surface area contributed by atoms with Gasteiger partial charge in [-0.1, -0.05) is 24.6 Å². The molecule has 1 aromatic carbocycles. The quantitative estimate of drug-likeness (QED) is 0.880. The highest BCUT2D eigenvalue weighted by molar-refractivity contribution is 6.18. The minimum atomic E-state index is -0.0451. The Morgan fingerprint density at radius 3 is 3.00 bits per heavy atom. The number of hydrogen-bond acceptors (Lipinski definition) is 2. The minimum absolute atomic E-state index is 0.0451. The van der Waals surface area contributed by atoms with Crippen molar-refractivity contribution in [2.45, 2.75) is 25.3 Å². The molecule has 3 nitrogen and oxygen atoms in total. The molecule has 1 amide bonds. The molecule has 0 radical (unpaired) electrons. The van der Waals surface area contributed by atoms with E-state index >= 15 is 0 Å². The molecule has 1 N–H and O–H groups in total. The van der Waals surface area contributed by atoms with E-state index in [1.54, 1.807) is 6.20 Å². The molecule has 1 aliphatic rings. The van der Waals surface area contributed by atoms with Crippen LogP contribution in [0, 0.1) is 5.92 Å². The number of para-hydroxylation sites is 1. The first kappa shape index (κ1) is 13.4. The largest absolute Gasteiger partial charge is 0.349 e. The zero-order valence-corrected chi connectivity index (χ0v) is 11.9. The number of pyridine rings is 1. The summed E-state index contributed by atoms with van der Waals surface area (Å²) in [6.45, 7) is 0. The van der Waals surface area contributed by atoms with E-state index in [9.17, 15) is 4.79 Å². The van der Waals surface area contributed by atoms with Gasteiger partial charge in [-0.3, -0.25) is 9.78 Å². The highest BCUT2D eigenvalue weighted by Crippen LogP contribution is 2.27. The lowest BCUT2D eigenvalue weighted by atomic mass is 10.0. The van der Waals surface area contributed by atoms with Gasteiger partial charge in [-0.15, -0.1) is 11.6 Å². The lowest BCUT2D eigenvalue weighted by molar-refractivity contribution is 0.0931. The number of aromatic nitrogens is 1. The molecule has 0 aliphatic heterocycles. The molecule has 20 heavy (non-hydrogen) atoms. The van der Waals surface area contributed by atoms with Crippen LogP contribution in [-0.2, 0) is 0 Å². The van der Waals surface area contributed by atoms with Crippen molar-refractivity contribution < 1.29 is 4.79 Å². The molecule has 2 atom stereocenters. The fourth-order valence-electron chi connectivity index (χ4n) is 2.95. The summed E-state index contributed by atoms with van der Waals surface area (Å²) in [7, 11) is 0. The summed E-state index contributed by atoms with van der Waals surface area (Å²) in [5.74, 6) is 0.957. The standard InChI is InChI=1S/C16H17ClN2O/c17-10-12-5-2-8-14(12)19-16(20)13-7-1-4-11-6-3-9-18-15(11)13/h1,3-4,6-7,9,12,14H,2,5,8,10H2,(H,19,20). The summed E-state index contributed by atoms with van der Waals surface area (Å²) in [4.78, 5) is 16.8. The number of halogens is 1. The number of benzene rings is 1. The summed E-state index contributed by atoms with van der Waals surface area (Å²) < 4.78 is 0. The number of nitrogens with one attached hydrogen (secondary N) is 1. The van der Waals surface area contributed by atoms with Crippen LogP contribution in [0.4, 0.5) is 0 Å². The van der Waals surface area contributed by atoms with Crippen LogP contribution >= 0.6 is 11.6 Å². The van der Waals surface area contributed by atoms with Crippen molar-refractivity contribution in [2.24, 2.45) is 5.92 Å². The molecular formula is C16H17ClN2O. The summed E-state index contributed by atoms with van der Waals surface area (Å²) in [6.07, 6.45) is 4.97. The second-order valence-corrected chi connectivity index (χ2v) is 5.61. The van der Waals surface area contributed by atoms with Crippen LogP contribution in [-0.4, -0.2) is 22.8 Å². The van der Waals surface area contributed by atoms with E-state index in [0.29, 0.717) is 17.4 Å². The van der Waals surface area contributed by atoms with Crippen LogP contribution in [0.15, 0.2) is 36.5 Å². The normalized spacial score (nSPS) is 22.1. The Labute approximate surface area is 123 Å². The van der Waals surface area contributed by atoms with E-state index < -0.39 is 0 Å². The molecule has 4 heteroatoms. The van der Waals surface area contributed by atoms with Crippen LogP contribution in [0.2, 0.25) is 0 Å². The minimum Gasteiger partial charge on any atom is -0.349 e. The number of alkyl halides is 1. The fourth-order valence-corrected chi connectivity index (χ4v) is 3.31. The third kappa shape index (κ3) is 2.50. The van der Waals surface area contributed by atoms with Gasteiger partial charge in [0.2, 0.25) is 0 Å². The van der Waals surface area contributed by atoms with Crippen molar-refractivity contribution in [1.29, 1.82) is 0 Å². The maximum atomic E-state index is 12.5. The van der Waals surface area contributed by atoms with Crippen molar-refractivity contribution in [3.05, 3.63) is 42.1 Å². The zero-order chi connectivity index (χ0) is 13.9. The van der Waals surface area contributed by atoms with Gasteiger partial charge in [-0.2, -0.15) is 0 Å². The number of nitrogens with zero attached hydrogens (tertiary/aromatic N) is 1. The van der Waals surface area contributed by atoms with Crippen LogP contribution in [0.1, 0.15) is 29.6 Å². The Morgan fingerprint density at radius 1 is 1.30 bits per heavy atom. The third-order valence-electron chi connectivity index (χ3n) is 4.05. The number of carbonyl (C=O) groups excluding carboxylic acids is 1. The van der Waals surface area contributed by atoms with E-state index in [2.05, 4.69) is 10.3 Å². The maximum absolute atomic E-state index is 12.5. The van der Waals surface area contributed by atoms with Gasteiger partial charge in [0.15, 0.2) is 0 Å². The predicted octanol–water partition coefficient (Wildman–Crippen LogP) is 3.37. The molecule has 1 heterocycles. The van der Waals surface area contributed by atoms with Crippen molar-refractivity contribution in [3.8, 4) is 0 Å². The molecule has 2 aromatic rings. The van der Waals surface area contributed by atoms with E-state index in [-0.39, 0.29) is 11.9 Å². The molecule has 1 aromatic heterocycles. The lowest BCUT2D eigenvalue weighted by Gasteiger charge is -2.19. The van der Waals surface area contributed by atoms with Crippen LogP contribution in [0.25, 0.3) is 10.9 Å². The molecule has 0 bridgehead atoms. The first-order valence-electron chi connectivity index (χ1n) is 7.00. The first-order valence-corrected chi connectivity index (χ1v) is 7.53. The lowest BCUT2D eigenvalue weighted by Crippen LogP contribution is -2.38. The summed E-state index contributed by atoms with van der Waals surface area (Å²) in [6, 6.07) is 9.73. The Kier molecular flexibility index (Phi) is 3.88. The van der Waals surface area contributed by atoms with E-state index in [4.69, 9.17) is 11.6 Å². The number of carbonyl (C=O) groups is 1. The maximum Gasteiger partial charge on any atom is 0.253 e. The van der Waals surface area contributed by atoms with Crippen molar-refractivity contribution in [2.75, 3.05) is 5.88 Å². The number of amides is 1.